The molecule has 14 heavy (non-hydrogen) atoms. The van der Waals surface area contributed by atoms with Gasteiger partial charge < -0.3 is 4.74 Å². The first-order valence-electron chi connectivity index (χ1n) is 5.65. The molecule has 0 aromatic rings. The van der Waals surface area contributed by atoms with Crippen LogP contribution in [0.25, 0.3) is 0 Å². The van der Waals surface area contributed by atoms with Crippen molar-refractivity contribution in [1.82, 2.24) is 4.90 Å². The van der Waals surface area contributed by atoms with Gasteiger partial charge in [0.2, 0.25) is 0 Å². The van der Waals surface area contributed by atoms with Crippen molar-refractivity contribution in [3.8, 4) is 0 Å². The van der Waals surface area contributed by atoms with E-state index in [1.165, 1.54) is 12.8 Å². The second-order valence-electron chi connectivity index (χ2n) is 4.24. The Balaban J connectivity index is 2.17. The number of halogens is 1. The monoisotopic (exact) mass is 219 g/mol. The fraction of sp³-hybridized carbons (Fsp3) is 1.00. The Hall–Kier alpha value is 0.210. The zero-order valence-electron chi connectivity index (χ0n) is 9.34. The maximum absolute atomic E-state index is 5.76. The summed E-state index contributed by atoms with van der Waals surface area (Å²) in [5.74, 6) is 0.726. The largest absolute Gasteiger partial charge is 0.378 e. The third kappa shape index (κ3) is 4.16. The number of rotatable bonds is 6. The van der Waals surface area contributed by atoms with Crippen LogP contribution in [-0.4, -0.2) is 42.6 Å². The van der Waals surface area contributed by atoms with Crippen molar-refractivity contribution in [3.63, 3.8) is 0 Å². The summed E-state index contributed by atoms with van der Waals surface area (Å²) >= 11 is 5.76. The molecule has 0 aromatic carbocycles. The summed E-state index contributed by atoms with van der Waals surface area (Å²) in [7, 11) is 0. The molecule has 1 saturated heterocycles. The Morgan fingerprint density at radius 1 is 1.43 bits per heavy atom. The van der Waals surface area contributed by atoms with Gasteiger partial charge in [0.05, 0.1) is 6.10 Å². The molecule has 0 N–H and O–H groups in total. The third-order valence-electron chi connectivity index (χ3n) is 2.86. The molecule has 1 rings (SSSR count). The Kier molecular flexibility index (Phi) is 5.83. The number of hydrogen-bond donors (Lipinski definition) is 0. The SMILES string of the molecule is CC(C)N(CCCl)CCC1CCCO1. The molecule has 1 heterocycles. The molecule has 1 unspecified atom stereocenters. The van der Waals surface area contributed by atoms with E-state index in [2.05, 4.69) is 18.7 Å². The molecule has 2 nitrogen and oxygen atoms in total. The molecule has 1 aliphatic heterocycles. The fourth-order valence-electron chi connectivity index (χ4n) is 1.92. The van der Waals surface area contributed by atoms with E-state index in [9.17, 15) is 0 Å². The molecule has 1 aliphatic rings. The Morgan fingerprint density at radius 2 is 2.21 bits per heavy atom. The van der Waals surface area contributed by atoms with Crippen LogP contribution in [0.4, 0.5) is 0 Å². The van der Waals surface area contributed by atoms with Crippen LogP contribution in [0.5, 0.6) is 0 Å². The molecule has 0 spiro atoms. The van der Waals surface area contributed by atoms with Gasteiger partial charge in [-0.3, -0.25) is 4.90 Å². The fourth-order valence-corrected chi connectivity index (χ4v) is 2.14. The summed E-state index contributed by atoms with van der Waals surface area (Å²) < 4.78 is 5.60. The van der Waals surface area contributed by atoms with Gasteiger partial charge in [-0.15, -0.1) is 11.6 Å². The zero-order chi connectivity index (χ0) is 10.4. The van der Waals surface area contributed by atoms with Gasteiger partial charge in [-0.2, -0.15) is 0 Å². The van der Waals surface area contributed by atoms with E-state index < -0.39 is 0 Å². The predicted molar refractivity (Wildman–Crippen MR) is 61.0 cm³/mol. The summed E-state index contributed by atoms with van der Waals surface area (Å²) in [6.07, 6.45) is 4.15. The van der Waals surface area contributed by atoms with Crippen molar-refractivity contribution >= 4 is 11.6 Å². The summed E-state index contributed by atoms with van der Waals surface area (Å²) in [4.78, 5) is 2.43. The quantitative estimate of drug-likeness (QED) is 0.637. The molecule has 1 atom stereocenters. The van der Waals surface area contributed by atoms with E-state index >= 15 is 0 Å². The van der Waals surface area contributed by atoms with E-state index in [1.54, 1.807) is 0 Å². The third-order valence-corrected chi connectivity index (χ3v) is 3.03. The van der Waals surface area contributed by atoms with Gasteiger partial charge in [-0.05, 0) is 33.1 Å². The molecule has 3 heteroatoms. The van der Waals surface area contributed by atoms with Gasteiger partial charge in [-0.1, -0.05) is 0 Å². The Morgan fingerprint density at radius 3 is 2.71 bits per heavy atom. The van der Waals surface area contributed by atoms with Crippen LogP contribution in [0.1, 0.15) is 33.1 Å². The second kappa shape index (κ2) is 6.65. The highest BCUT2D eigenvalue weighted by molar-refractivity contribution is 6.18. The number of ether oxygens (including phenoxy) is 1. The van der Waals surface area contributed by atoms with Crippen molar-refractivity contribution in [1.29, 1.82) is 0 Å². The number of hydrogen-bond acceptors (Lipinski definition) is 2. The van der Waals surface area contributed by atoms with Gasteiger partial charge in [-0.25, -0.2) is 0 Å². The van der Waals surface area contributed by atoms with E-state index in [-0.39, 0.29) is 0 Å². The molecule has 1 fully saturated rings. The van der Waals surface area contributed by atoms with Gasteiger partial charge in [0, 0.05) is 31.6 Å². The van der Waals surface area contributed by atoms with Crippen LogP contribution in [0, 0.1) is 0 Å². The smallest absolute Gasteiger partial charge is 0.0588 e. The van der Waals surface area contributed by atoms with Crippen LogP contribution >= 0.6 is 11.6 Å². The summed E-state index contributed by atoms with van der Waals surface area (Å²) in [6.45, 7) is 7.52. The highest BCUT2D eigenvalue weighted by Crippen LogP contribution is 2.16. The molecule has 0 aromatic heterocycles. The second-order valence-corrected chi connectivity index (χ2v) is 4.62. The van der Waals surface area contributed by atoms with E-state index in [4.69, 9.17) is 16.3 Å². The Labute approximate surface area is 92.6 Å². The minimum atomic E-state index is 0.506. The van der Waals surface area contributed by atoms with Gasteiger partial charge in [0.1, 0.15) is 0 Å². The highest BCUT2D eigenvalue weighted by Gasteiger charge is 2.17. The van der Waals surface area contributed by atoms with Crippen LogP contribution < -0.4 is 0 Å². The van der Waals surface area contributed by atoms with Crippen LogP contribution in [-0.2, 0) is 4.74 Å². The Bertz CT molecular complexity index is 146. The van der Waals surface area contributed by atoms with Crippen molar-refractivity contribution in [2.24, 2.45) is 0 Å². The summed E-state index contributed by atoms with van der Waals surface area (Å²) in [6, 6.07) is 0.593. The van der Waals surface area contributed by atoms with Crippen molar-refractivity contribution < 1.29 is 4.74 Å². The summed E-state index contributed by atoms with van der Waals surface area (Å²) in [5, 5.41) is 0. The van der Waals surface area contributed by atoms with E-state index in [0.717, 1.165) is 32.0 Å². The van der Waals surface area contributed by atoms with Crippen LogP contribution in [0.15, 0.2) is 0 Å². The highest BCUT2D eigenvalue weighted by atomic mass is 35.5. The summed E-state index contributed by atoms with van der Waals surface area (Å²) in [5.41, 5.74) is 0. The predicted octanol–water partition coefficient (Wildman–Crippen LogP) is 2.50. The molecular formula is C11H22ClNO. The maximum Gasteiger partial charge on any atom is 0.0588 e. The molecule has 0 amide bonds. The van der Waals surface area contributed by atoms with Crippen LogP contribution in [0.3, 0.4) is 0 Å². The van der Waals surface area contributed by atoms with E-state index in [1.807, 2.05) is 0 Å². The molecule has 0 bridgehead atoms. The van der Waals surface area contributed by atoms with Crippen molar-refractivity contribution in [3.05, 3.63) is 0 Å². The number of alkyl halides is 1. The first-order valence-corrected chi connectivity index (χ1v) is 6.19. The standard InChI is InChI=1S/C11H22ClNO/c1-10(2)13(8-6-12)7-5-11-4-3-9-14-11/h10-11H,3-9H2,1-2H3. The molecule has 0 saturated carbocycles. The van der Waals surface area contributed by atoms with Gasteiger partial charge >= 0.3 is 0 Å². The maximum atomic E-state index is 5.76. The lowest BCUT2D eigenvalue weighted by atomic mass is 10.1. The van der Waals surface area contributed by atoms with Crippen molar-refractivity contribution in [2.75, 3.05) is 25.6 Å². The molecule has 0 radical (unpaired) electrons. The minimum absolute atomic E-state index is 0.506. The number of nitrogens with zero attached hydrogens (tertiary/aromatic N) is 1. The molecule has 0 aliphatic carbocycles. The first kappa shape index (κ1) is 12.3. The van der Waals surface area contributed by atoms with Crippen molar-refractivity contribution in [2.45, 2.75) is 45.3 Å². The first-order chi connectivity index (χ1) is 6.74. The lowest BCUT2D eigenvalue weighted by Crippen LogP contribution is -2.35. The van der Waals surface area contributed by atoms with Gasteiger partial charge in [0.25, 0.3) is 0 Å². The normalized spacial score (nSPS) is 22.5. The average Bonchev–Trinajstić information content (AvgIpc) is 2.64. The lowest BCUT2D eigenvalue weighted by Gasteiger charge is -2.26. The minimum Gasteiger partial charge on any atom is -0.378 e. The lowest BCUT2D eigenvalue weighted by molar-refractivity contribution is 0.0884. The van der Waals surface area contributed by atoms with E-state index in [0.29, 0.717) is 12.1 Å². The van der Waals surface area contributed by atoms with Crippen LogP contribution in [0.2, 0.25) is 0 Å². The molecular weight excluding hydrogens is 198 g/mol. The molecule has 84 valence electrons. The topological polar surface area (TPSA) is 12.5 Å². The zero-order valence-corrected chi connectivity index (χ0v) is 10.1. The van der Waals surface area contributed by atoms with Gasteiger partial charge in [0.15, 0.2) is 0 Å². The average molecular weight is 220 g/mol.